The SMILES string of the molecule is C[C@@H](c1nnc(SCc2ccccc2)n1-c1ccc(F)cc1)N1CCCCC1. The first kappa shape index (κ1) is 19.2. The number of rotatable bonds is 6. The van der Waals surface area contributed by atoms with Crippen molar-refractivity contribution in [1.29, 1.82) is 0 Å². The van der Waals surface area contributed by atoms with Crippen LogP contribution in [0, 0.1) is 5.82 Å². The van der Waals surface area contributed by atoms with Gasteiger partial charge in [-0.2, -0.15) is 0 Å². The molecule has 0 bridgehead atoms. The van der Waals surface area contributed by atoms with E-state index in [2.05, 4.69) is 38.7 Å². The van der Waals surface area contributed by atoms with Crippen molar-refractivity contribution in [3.05, 3.63) is 71.8 Å². The second-order valence-electron chi connectivity index (χ2n) is 7.20. The number of piperidine rings is 1. The minimum absolute atomic E-state index is 0.170. The summed E-state index contributed by atoms with van der Waals surface area (Å²) >= 11 is 1.66. The fraction of sp³-hybridized carbons (Fsp3) is 0.364. The summed E-state index contributed by atoms with van der Waals surface area (Å²) in [5.74, 6) is 1.50. The van der Waals surface area contributed by atoms with E-state index in [0.29, 0.717) is 0 Å². The van der Waals surface area contributed by atoms with Crippen LogP contribution in [0.2, 0.25) is 0 Å². The first-order chi connectivity index (χ1) is 13.7. The molecule has 0 saturated carbocycles. The molecular formula is C22H25FN4S. The second-order valence-corrected chi connectivity index (χ2v) is 8.14. The second kappa shape index (κ2) is 8.88. The molecular weight excluding hydrogens is 371 g/mol. The third-order valence-electron chi connectivity index (χ3n) is 5.27. The van der Waals surface area contributed by atoms with Crippen molar-refractivity contribution in [2.24, 2.45) is 0 Å². The molecule has 3 aromatic rings. The molecule has 1 aromatic heterocycles. The molecule has 1 fully saturated rings. The molecule has 28 heavy (non-hydrogen) atoms. The summed E-state index contributed by atoms with van der Waals surface area (Å²) in [6.45, 7) is 4.37. The van der Waals surface area contributed by atoms with Gasteiger partial charge >= 0.3 is 0 Å². The fourth-order valence-electron chi connectivity index (χ4n) is 3.67. The Bertz CT molecular complexity index is 889. The average molecular weight is 397 g/mol. The Morgan fingerprint density at radius 1 is 0.964 bits per heavy atom. The molecule has 0 spiro atoms. The summed E-state index contributed by atoms with van der Waals surface area (Å²) in [5.41, 5.74) is 2.15. The van der Waals surface area contributed by atoms with Crippen LogP contribution in [0.1, 0.15) is 43.6 Å². The summed E-state index contributed by atoms with van der Waals surface area (Å²) in [5, 5.41) is 9.90. The van der Waals surface area contributed by atoms with Crippen LogP contribution in [0.4, 0.5) is 4.39 Å². The number of benzene rings is 2. The lowest BCUT2D eigenvalue weighted by Gasteiger charge is -2.31. The summed E-state index contributed by atoms with van der Waals surface area (Å²) in [7, 11) is 0. The van der Waals surface area contributed by atoms with Crippen molar-refractivity contribution in [2.75, 3.05) is 13.1 Å². The zero-order valence-electron chi connectivity index (χ0n) is 16.1. The topological polar surface area (TPSA) is 34.0 Å². The normalized spacial score (nSPS) is 16.2. The van der Waals surface area contributed by atoms with Gasteiger partial charge in [-0.1, -0.05) is 48.5 Å². The molecule has 6 heteroatoms. The molecule has 1 saturated heterocycles. The summed E-state index contributed by atoms with van der Waals surface area (Å²) in [4.78, 5) is 2.47. The van der Waals surface area contributed by atoms with Crippen LogP contribution in [0.3, 0.4) is 0 Å². The van der Waals surface area contributed by atoms with Gasteiger partial charge in [0.25, 0.3) is 0 Å². The van der Waals surface area contributed by atoms with Gasteiger partial charge in [0.15, 0.2) is 11.0 Å². The van der Waals surface area contributed by atoms with Gasteiger partial charge in [0.05, 0.1) is 6.04 Å². The van der Waals surface area contributed by atoms with Gasteiger partial charge in [-0.15, -0.1) is 10.2 Å². The van der Waals surface area contributed by atoms with E-state index in [1.165, 1.54) is 37.0 Å². The van der Waals surface area contributed by atoms with E-state index in [0.717, 1.165) is 35.5 Å². The Balaban J connectivity index is 1.65. The lowest BCUT2D eigenvalue weighted by Crippen LogP contribution is -2.33. The van der Waals surface area contributed by atoms with Crippen molar-refractivity contribution >= 4 is 11.8 Å². The van der Waals surface area contributed by atoms with Gasteiger partial charge in [-0.3, -0.25) is 9.47 Å². The van der Waals surface area contributed by atoms with Crippen LogP contribution in [0.15, 0.2) is 59.8 Å². The van der Waals surface area contributed by atoms with Crippen molar-refractivity contribution in [1.82, 2.24) is 19.7 Å². The number of hydrogen-bond acceptors (Lipinski definition) is 4. The average Bonchev–Trinajstić information content (AvgIpc) is 3.17. The molecule has 1 aliphatic heterocycles. The molecule has 146 valence electrons. The molecule has 2 aromatic carbocycles. The van der Waals surface area contributed by atoms with Gasteiger partial charge in [-0.25, -0.2) is 4.39 Å². The maximum absolute atomic E-state index is 13.5. The summed E-state index contributed by atoms with van der Waals surface area (Å²) < 4.78 is 15.6. The zero-order valence-corrected chi connectivity index (χ0v) is 16.9. The van der Waals surface area contributed by atoms with Crippen molar-refractivity contribution in [2.45, 2.75) is 43.1 Å². The van der Waals surface area contributed by atoms with E-state index >= 15 is 0 Å². The highest BCUT2D eigenvalue weighted by atomic mass is 32.2. The number of hydrogen-bond donors (Lipinski definition) is 0. The molecule has 0 aliphatic carbocycles. The highest BCUT2D eigenvalue weighted by Crippen LogP contribution is 2.30. The molecule has 0 N–H and O–H groups in total. The number of thioether (sulfide) groups is 1. The van der Waals surface area contributed by atoms with E-state index in [-0.39, 0.29) is 11.9 Å². The van der Waals surface area contributed by atoms with Gasteiger partial charge in [0.1, 0.15) is 5.82 Å². The van der Waals surface area contributed by atoms with E-state index in [1.54, 1.807) is 23.9 Å². The molecule has 1 atom stereocenters. The molecule has 4 rings (SSSR count). The quantitative estimate of drug-likeness (QED) is 0.533. The van der Waals surface area contributed by atoms with E-state index in [4.69, 9.17) is 0 Å². The standard InChI is InChI=1S/C22H25FN4S/c1-17(26-14-6-3-7-15-26)21-24-25-22(28-16-18-8-4-2-5-9-18)27(21)20-12-10-19(23)11-13-20/h2,4-5,8-13,17H,3,6-7,14-16H2,1H3/t17-/m0/s1. The summed E-state index contributed by atoms with van der Waals surface area (Å²) in [6.07, 6.45) is 3.75. The van der Waals surface area contributed by atoms with Crippen LogP contribution >= 0.6 is 11.8 Å². The van der Waals surface area contributed by atoms with Crippen molar-refractivity contribution < 1.29 is 4.39 Å². The maximum atomic E-state index is 13.5. The van der Waals surface area contributed by atoms with Crippen LogP contribution in [-0.2, 0) is 5.75 Å². The molecule has 0 radical (unpaired) electrons. The number of halogens is 1. The third-order valence-corrected chi connectivity index (χ3v) is 6.27. The van der Waals surface area contributed by atoms with Gasteiger partial charge in [-0.05, 0) is 62.7 Å². The highest BCUT2D eigenvalue weighted by molar-refractivity contribution is 7.98. The monoisotopic (exact) mass is 396 g/mol. The molecule has 1 aliphatic rings. The van der Waals surface area contributed by atoms with E-state index < -0.39 is 0 Å². The van der Waals surface area contributed by atoms with Gasteiger partial charge in [0.2, 0.25) is 0 Å². The Kier molecular flexibility index (Phi) is 6.07. The van der Waals surface area contributed by atoms with Gasteiger partial charge < -0.3 is 0 Å². The van der Waals surface area contributed by atoms with E-state index in [9.17, 15) is 4.39 Å². The van der Waals surface area contributed by atoms with Crippen LogP contribution in [0.25, 0.3) is 5.69 Å². The highest BCUT2D eigenvalue weighted by Gasteiger charge is 2.25. The number of nitrogens with zero attached hydrogens (tertiary/aromatic N) is 4. The van der Waals surface area contributed by atoms with Crippen LogP contribution in [-0.4, -0.2) is 32.8 Å². The van der Waals surface area contributed by atoms with Gasteiger partial charge in [0, 0.05) is 11.4 Å². The number of aromatic nitrogens is 3. The zero-order chi connectivity index (χ0) is 19.3. The Morgan fingerprint density at radius 2 is 1.68 bits per heavy atom. The lowest BCUT2D eigenvalue weighted by atomic mass is 10.1. The van der Waals surface area contributed by atoms with Crippen LogP contribution < -0.4 is 0 Å². The Hall–Kier alpha value is -2.18. The lowest BCUT2D eigenvalue weighted by molar-refractivity contribution is 0.167. The van der Waals surface area contributed by atoms with Crippen LogP contribution in [0.5, 0.6) is 0 Å². The Labute approximate surface area is 169 Å². The fourth-order valence-corrected chi connectivity index (χ4v) is 4.58. The van der Waals surface area contributed by atoms with Crippen molar-refractivity contribution in [3.8, 4) is 5.69 Å². The largest absolute Gasteiger partial charge is 0.294 e. The Morgan fingerprint density at radius 3 is 2.39 bits per heavy atom. The maximum Gasteiger partial charge on any atom is 0.196 e. The molecule has 4 nitrogen and oxygen atoms in total. The first-order valence-corrected chi connectivity index (χ1v) is 10.8. The van der Waals surface area contributed by atoms with Crippen molar-refractivity contribution in [3.63, 3.8) is 0 Å². The first-order valence-electron chi connectivity index (χ1n) is 9.84. The molecule has 0 unspecified atom stereocenters. The smallest absolute Gasteiger partial charge is 0.196 e. The van der Waals surface area contributed by atoms with E-state index in [1.807, 2.05) is 18.2 Å². The molecule has 0 amide bonds. The predicted octanol–water partition coefficient (Wildman–Crippen LogP) is 5.25. The number of likely N-dealkylation sites (tertiary alicyclic amines) is 1. The minimum atomic E-state index is -0.235. The summed E-state index contributed by atoms with van der Waals surface area (Å²) in [6, 6.07) is 17.1. The predicted molar refractivity (Wildman–Crippen MR) is 111 cm³/mol. The molecule has 2 heterocycles. The minimum Gasteiger partial charge on any atom is -0.294 e. The third kappa shape index (κ3) is 4.28.